The molecule has 4 heteroatoms. The van der Waals surface area contributed by atoms with E-state index in [9.17, 15) is 4.79 Å². The molecule has 0 saturated carbocycles. The highest BCUT2D eigenvalue weighted by atomic mass is 16.3. The summed E-state index contributed by atoms with van der Waals surface area (Å²) in [6, 6.07) is 11.4. The van der Waals surface area contributed by atoms with Crippen LogP contribution in [0.2, 0.25) is 0 Å². The van der Waals surface area contributed by atoms with Crippen molar-refractivity contribution in [2.24, 2.45) is 4.99 Å². The molecule has 0 fully saturated rings. The molecule has 2 heterocycles. The summed E-state index contributed by atoms with van der Waals surface area (Å²) in [5, 5.41) is 0. The van der Waals surface area contributed by atoms with Gasteiger partial charge in [0.25, 0.3) is 5.91 Å². The topological polar surface area (TPSA) is 45.8 Å². The van der Waals surface area contributed by atoms with E-state index in [1.807, 2.05) is 43.3 Å². The van der Waals surface area contributed by atoms with Crippen LogP contribution in [0.3, 0.4) is 0 Å². The fourth-order valence-corrected chi connectivity index (χ4v) is 2.08. The van der Waals surface area contributed by atoms with Gasteiger partial charge in [0.15, 0.2) is 0 Å². The number of aliphatic imine (C=N–C) groups is 1. The Balaban J connectivity index is 2.02. The minimum Gasteiger partial charge on any atom is -0.464 e. The minimum absolute atomic E-state index is 0.00379. The third kappa shape index (κ3) is 1.72. The standard InChI is InChI=1S/C14H12N2O2/c1-10-15-9-14(17)16(10)12-5-2-4-11(8-12)13-6-3-7-18-13/h2-8H,9H2,1H3. The molecule has 0 aliphatic carbocycles. The van der Waals surface area contributed by atoms with E-state index in [2.05, 4.69) is 4.99 Å². The average Bonchev–Trinajstić information content (AvgIpc) is 3.00. The Morgan fingerprint density at radius 2 is 2.17 bits per heavy atom. The smallest absolute Gasteiger partial charge is 0.254 e. The van der Waals surface area contributed by atoms with Crippen LogP contribution in [0.5, 0.6) is 0 Å². The molecule has 1 aromatic carbocycles. The number of anilines is 1. The van der Waals surface area contributed by atoms with E-state index in [0.29, 0.717) is 0 Å². The molecule has 1 amide bonds. The molecule has 1 aliphatic rings. The lowest BCUT2D eigenvalue weighted by Gasteiger charge is -2.16. The summed E-state index contributed by atoms with van der Waals surface area (Å²) in [5.41, 5.74) is 1.78. The molecular weight excluding hydrogens is 228 g/mol. The summed E-state index contributed by atoms with van der Waals surface area (Å²) in [4.78, 5) is 17.5. The summed E-state index contributed by atoms with van der Waals surface area (Å²) in [5.74, 6) is 1.53. The molecule has 1 aliphatic heterocycles. The van der Waals surface area contributed by atoms with Crippen LogP contribution in [0, 0.1) is 0 Å². The summed E-state index contributed by atoms with van der Waals surface area (Å²) in [6.07, 6.45) is 1.63. The van der Waals surface area contributed by atoms with Crippen LogP contribution in [-0.2, 0) is 4.79 Å². The fraction of sp³-hybridized carbons (Fsp3) is 0.143. The second-order valence-electron chi connectivity index (χ2n) is 4.12. The Morgan fingerprint density at radius 3 is 2.83 bits per heavy atom. The van der Waals surface area contributed by atoms with Crippen LogP contribution >= 0.6 is 0 Å². The van der Waals surface area contributed by atoms with Gasteiger partial charge >= 0.3 is 0 Å². The number of carbonyl (C=O) groups excluding carboxylic acids is 1. The van der Waals surface area contributed by atoms with Crippen molar-refractivity contribution in [3.8, 4) is 11.3 Å². The number of nitrogens with zero attached hydrogens (tertiary/aromatic N) is 2. The van der Waals surface area contributed by atoms with Crippen LogP contribution in [0.15, 0.2) is 52.1 Å². The molecule has 0 bridgehead atoms. The first-order valence-corrected chi connectivity index (χ1v) is 5.73. The van der Waals surface area contributed by atoms with Crippen LogP contribution in [0.1, 0.15) is 6.92 Å². The Hall–Kier alpha value is -2.36. The largest absolute Gasteiger partial charge is 0.464 e. The molecule has 0 N–H and O–H groups in total. The second-order valence-corrected chi connectivity index (χ2v) is 4.12. The third-order valence-electron chi connectivity index (χ3n) is 2.93. The van der Waals surface area contributed by atoms with Gasteiger partial charge in [-0.15, -0.1) is 0 Å². The number of amides is 1. The Kier molecular flexibility index (Phi) is 2.48. The maximum absolute atomic E-state index is 11.8. The van der Waals surface area contributed by atoms with Crippen LogP contribution in [0.4, 0.5) is 5.69 Å². The lowest BCUT2D eigenvalue weighted by atomic mass is 10.1. The minimum atomic E-state index is 0.00379. The molecule has 3 rings (SSSR count). The monoisotopic (exact) mass is 240 g/mol. The van der Waals surface area contributed by atoms with E-state index in [1.165, 1.54) is 0 Å². The molecule has 0 atom stereocenters. The van der Waals surface area contributed by atoms with E-state index >= 15 is 0 Å². The third-order valence-corrected chi connectivity index (χ3v) is 2.93. The van der Waals surface area contributed by atoms with E-state index in [1.54, 1.807) is 11.2 Å². The highest BCUT2D eigenvalue weighted by Crippen LogP contribution is 2.26. The van der Waals surface area contributed by atoms with E-state index in [0.717, 1.165) is 22.8 Å². The van der Waals surface area contributed by atoms with Gasteiger partial charge in [-0.1, -0.05) is 12.1 Å². The van der Waals surface area contributed by atoms with E-state index in [-0.39, 0.29) is 12.5 Å². The van der Waals surface area contributed by atoms with Gasteiger partial charge in [-0.25, -0.2) is 0 Å². The predicted molar refractivity (Wildman–Crippen MR) is 69.6 cm³/mol. The van der Waals surface area contributed by atoms with Crippen molar-refractivity contribution in [3.05, 3.63) is 42.7 Å². The van der Waals surface area contributed by atoms with Gasteiger partial charge < -0.3 is 4.42 Å². The first kappa shape index (κ1) is 10.8. The molecule has 0 radical (unpaired) electrons. The molecule has 1 aromatic heterocycles. The van der Waals surface area contributed by atoms with Crippen molar-refractivity contribution in [2.75, 3.05) is 11.4 Å². The Morgan fingerprint density at radius 1 is 1.28 bits per heavy atom. The van der Waals surface area contributed by atoms with Crippen molar-refractivity contribution in [2.45, 2.75) is 6.92 Å². The maximum atomic E-state index is 11.8. The number of hydrogen-bond donors (Lipinski definition) is 0. The SMILES string of the molecule is CC1=NCC(=O)N1c1cccc(-c2ccco2)c1. The zero-order chi connectivity index (χ0) is 12.5. The number of hydrogen-bond acceptors (Lipinski definition) is 3. The second kappa shape index (κ2) is 4.14. The molecule has 18 heavy (non-hydrogen) atoms. The fourth-order valence-electron chi connectivity index (χ4n) is 2.08. The Labute approximate surface area is 105 Å². The van der Waals surface area contributed by atoms with Gasteiger partial charge in [-0.2, -0.15) is 0 Å². The van der Waals surface area contributed by atoms with Crippen molar-refractivity contribution in [1.29, 1.82) is 0 Å². The first-order chi connectivity index (χ1) is 8.75. The van der Waals surface area contributed by atoms with Gasteiger partial charge in [0, 0.05) is 5.56 Å². The van der Waals surface area contributed by atoms with Gasteiger partial charge in [0.1, 0.15) is 18.1 Å². The van der Waals surface area contributed by atoms with Gasteiger partial charge in [0.2, 0.25) is 0 Å². The van der Waals surface area contributed by atoms with Gasteiger partial charge in [0.05, 0.1) is 12.0 Å². The summed E-state index contributed by atoms with van der Waals surface area (Å²) in [7, 11) is 0. The number of amidine groups is 1. The first-order valence-electron chi connectivity index (χ1n) is 5.73. The molecular formula is C14H12N2O2. The van der Waals surface area contributed by atoms with Crippen LogP contribution in [-0.4, -0.2) is 18.3 Å². The zero-order valence-electron chi connectivity index (χ0n) is 9.96. The van der Waals surface area contributed by atoms with E-state index in [4.69, 9.17) is 4.42 Å². The molecule has 0 unspecified atom stereocenters. The van der Waals surface area contributed by atoms with Crippen LogP contribution < -0.4 is 4.90 Å². The molecule has 4 nitrogen and oxygen atoms in total. The molecule has 2 aromatic rings. The number of furan rings is 1. The van der Waals surface area contributed by atoms with Crippen LogP contribution in [0.25, 0.3) is 11.3 Å². The highest BCUT2D eigenvalue weighted by molar-refractivity contribution is 6.20. The van der Waals surface area contributed by atoms with Gasteiger partial charge in [-0.3, -0.25) is 14.7 Å². The Bertz CT molecular complexity index is 614. The molecule has 90 valence electrons. The van der Waals surface area contributed by atoms with Crippen molar-refractivity contribution in [1.82, 2.24) is 0 Å². The highest BCUT2D eigenvalue weighted by Gasteiger charge is 2.23. The summed E-state index contributed by atoms with van der Waals surface area (Å²) in [6.45, 7) is 2.07. The van der Waals surface area contributed by atoms with Crippen molar-refractivity contribution < 1.29 is 9.21 Å². The zero-order valence-corrected chi connectivity index (χ0v) is 9.96. The normalized spacial score (nSPS) is 15.1. The quantitative estimate of drug-likeness (QED) is 0.810. The number of carbonyl (C=O) groups is 1. The lowest BCUT2D eigenvalue weighted by molar-refractivity contribution is -0.115. The van der Waals surface area contributed by atoms with E-state index < -0.39 is 0 Å². The maximum Gasteiger partial charge on any atom is 0.254 e. The average molecular weight is 240 g/mol. The lowest BCUT2D eigenvalue weighted by Crippen LogP contribution is -2.30. The number of benzene rings is 1. The van der Waals surface area contributed by atoms with Crippen molar-refractivity contribution >= 4 is 17.4 Å². The predicted octanol–water partition coefficient (Wildman–Crippen LogP) is 2.71. The number of rotatable bonds is 2. The summed E-state index contributed by atoms with van der Waals surface area (Å²) < 4.78 is 5.36. The van der Waals surface area contributed by atoms with Gasteiger partial charge in [-0.05, 0) is 31.2 Å². The molecule has 0 spiro atoms. The summed E-state index contributed by atoms with van der Waals surface area (Å²) >= 11 is 0. The molecule has 0 saturated heterocycles. The van der Waals surface area contributed by atoms with Crippen molar-refractivity contribution in [3.63, 3.8) is 0 Å².